The van der Waals surface area contributed by atoms with Gasteiger partial charge in [0.2, 0.25) is 11.8 Å². The first-order valence-corrected chi connectivity index (χ1v) is 7.54. The van der Waals surface area contributed by atoms with Gasteiger partial charge in [-0.2, -0.15) is 0 Å². The van der Waals surface area contributed by atoms with Crippen molar-refractivity contribution in [3.8, 4) is 0 Å². The maximum Gasteiger partial charge on any atom is 0.304 e. The van der Waals surface area contributed by atoms with Crippen molar-refractivity contribution in [2.24, 2.45) is 0 Å². The van der Waals surface area contributed by atoms with Gasteiger partial charge in [-0.3, -0.25) is 24.3 Å². The highest BCUT2D eigenvalue weighted by Crippen LogP contribution is 2.40. The number of carbonyl (C=O) groups excluding carboxylic acids is 2. The molecule has 2 amide bonds. The smallest absolute Gasteiger partial charge is 0.304 e. The van der Waals surface area contributed by atoms with Gasteiger partial charge < -0.3 is 5.11 Å². The second kappa shape index (κ2) is 6.23. The maximum atomic E-state index is 13.0. The zero-order valence-electron chi connectivity index (χ0n) is 12.9. The van der Waals surface area contributed by atoms with Crippen LogP contribution in [0.2, 0.25) is 0 Å². The molecule has 0 unspecified atom stereocenters. The first kappa shape index (κ1) is 15.9. The van der Waals surface area contributed by atoms with Crippen LogP contribution >= 0.6 is 0 Å². The molecule has 1 aromatic carbocycles. The highest BCUT2D eigenvalue weighted by Gasteiger charge is 2.53. The van der Waals surface area contributed by atoms with Crippen LogP contribution in [0.3, 0.4) is 0 Å². The van der Waals surface area contributed by atoms with Crippen molar-refractivity contribution in [2.45, 2.75) is 24.8 Å². The summed E-state index contributed by atoms with van der Waals surface area (Å²) < 4.78 is 0. The third kappa shape index (κ3) is 2.78. The fourth-order valence-electron chi connectivity index (χ4n) is 3.12. The molecule has 1 atom stereocenters. The molecule has 24 heavy (non-hydrogen) atoms. The van der Waals surface area contributed by atoms with Crippen LogP contribution < -0.4 is 0 Å². The van der Waals surface area contributed by atoms with E-state index in [-0.39, 0.29) is 18.9 Å². The molecule has 2 aromatic rings. The van der Waals surface area contributed by atoms with Gasteiger partial charge in [-0.15, -0.1) is 0 Å². The molecule has 0 aliphatic carbocycles. The number of aliphatic carboxylic acids is 1. The molecule has 0 spiro atoms. The lowest BCUT2D eigenvalue weighted by atomic mass is 9.76. The van der Waals surface area contributed by atoms with Crippen LogP contribution in [-0.2, 0) is 26.3 Å². The number of aromatic nitrogens is 1. The number of likely N-dealkylation sites (tertiary alicyclic amines) is 1. The molecular weight excluding hydrogens is 308 g/mol. The predicted molar refractivity (Wildman–Crippen MR) is 84.8 cm³/mol. The molecule has 3 rings (SSSR count). The van der Waals surface area contributed by atoms with E-state index in [1.807, 2.05) is 0 Å². The fourth-order valence-corrected chi connectivity index (χ4v) is 3.12. The number of pyridine rings is 1. The normalized spacial score (nSPS) is 20.4. The van der Waals surface area contributed by atoms with Crippen LogP contribution in [0.1, 0.15) is 24.0 Å². The van der Waals surface area contributed by atoms with Crippen molar-refractivity contribution in [2.75, 3.05) is 0 Å². The molecule has 6 heteroatoms. The monoisotopic (exact) mass is 324 g/mol. The minimum absolute atomic E-state index is 0.0969. The molecule has 1 aliphatic rings. The summed E-state index contributed by atoms with van der Waals surface area (Å²) in [5.74, 6) is -1.94. The quantitative estimate of drug-likeness (QED) is 0.847. The first-order valence-electron chi connectivity index (χ1n) is 7.54. The highest BCUT2D eigenvalue weighted by atomic mass is 16.4. The van der Waals surface area contributed by atoms with E-state index in [1.54, 1.807) is 54.9 Å². The number of rotatable bonds is 5. The SMILES string of the molecule is O=C(O)C[C@]1(c2ccccc2)CC(=O)N(Cc2cccnc2)C1=O. The fraction of sp³-hybridized carbons (Fsp3) is 0.222. The van der Waals surface area contributed by atoms with Crippen molar-refractivity contribution in [3.63, 3.8) is 0 Å². The molecule has 122 valence electrons. The first-order chi connectivity index (χ1) is 11.5. The third-order valence-electron chi connectivity index (χ3n) is 4.25. The Morgan fingerprint density at radius 3 is 2.54 bits per heavy atom. The van der Waals surface area contributed by atoms with Gasteiger partial charge in [0, 0.05) is 18.8 Å². The molecule has 0 radical (unpaired) electrons. The van der Waals surface area contributed by atoms with Gasteiger partial charge in [-0.1, -0.05) is 36.4 Å². The van der Waals surface area contributed by atoms with E-state index in [2.05, 4.69) is 4.98 Å². The van der Waals surface area contributed by atoms with Crippen LogP contribution in [0, 0.1) is 0 Å². The van der Waals surface area contributed by atoms with Crippen molar-refractivity contribution < 1.29 is 19.5 Å². The molecule has 1 fully saturated rings. The second-order valence-electron chi connectivity index (χ2n) is 5.84. The number of nitrogens with zero attached hydrogens (tertiary/aromatic N) is 2. The molecule has 1 aromatic heterocycles. The van der Waals surface area contributed by atoms with E-state index < -0.39 is 23.7 Å². The van der Waals surface area contributed by atoms with Crippen molar-refractivity contribution in [1.82, 2.24) is 9.88 Å². The molecule has 2 heterocycles. The number of hydrogen-bond donors (Lipinski definition) is 1. The summed E-state index contributed by atoms with van der Waals surface area (Å²) in [6.45, 7) is 0.0969. The Kier molecular flexibility index (Phi) is 4.12. The van der Waals surface area contributed by atoms with Gasteiger partial charge in [0.05, 0.1) is 18.4 Å². The summed E-state index contributed by atoms with van der Waals surface area (Å²) in [7, 11) is 0. The van der Waals surface area contributed by atoms with Crippen molar-refractivity contribution >= 4 is 17.8 Å². The Balaban J connectivity index is 1.98. The molecule has 1 saturated heterocycles. The number of hydrogen-bond acceptors (Lipinski definition) is 4. The van der Waals surface area contributed by atoms with E-state index in [0.717, 1.165) is 10.5 Å². The Morgan fingerprint density at radius 1 is 1.17 bits per heavy atom. The highest BCUT2D eigenvalue weighted by molar-refractivity contribution is 6.10. The number of benzene rings is 1. The number of carbonyl (C=O) groups is 3. The van der Waals surface area contributed by atoms with Crippen molar-refractivity contribution in [1.29, 1.82) is 0 Å². The lowest BCUT2D eigenvalue weighted by Crippen LogP contribution is -2.39. The minimum Gasteiger partial charge on any atom is -0.481 e. The summed E-state index contributed by atoms with van der Waals surface area (Å²) in [6, 6.07) is 12.1. The van der Waals surface area contributed by atoms with E-state index >= 15 is 0 Å². The van der Waals surface area contributed by atoms with Gasteiger partial charge in [0.1, 0.15) is 0 Å². The zero-order chi connectivity index (χ0) is 17.2. The average molecular weight is 324 g/mol. The number of carboxylic acid groups (broad SMARTS) is 1. The Labute approximate surface area is 138 Å². The maximum absolute atomic E-state index is 13.0. The second-order valence-corrected chi connectivity index (χ2v) is 5.84. The van der Waals surface area contributed by atoms with Gasteiger partial charge >= 0.3 is 5.97 Å². The Bertz CT molecular complexity index is 776. The standard InChI is InChI=1S/C18H16N2O4/c21-15-9-18(10-16(22)23,14-6-2-1-3-7-14)17(24)20(15)12-13-5-4-8-19-11-13/h1-8,11H,9-10,12H2,(H,22,23)/t18-/m0/s1. The average Bonchev–Trinajstić information content (AvgIpc) is 2.81. The van der Waals surface area contributed by atoms with Crippen LogP contribution in [-0.4, -0.2) is 32.8 Å². The van der Waals surface area contributed by atoms with E-state index in [0.29, 0.717) is 5.56 Å². The number of amides is 2. The van der Waals surface area contributed by atoms with Crippen LogP contribution in [0.15, 0.2) is 54.9 Å². The number of carboxylic acids is 1. The van der Waals surface area contributed by atoms with E-state index in [9.17, 15) is 19.5 Å². The molecule has 0 saturated carbocycles. The van der Waals surface area contributed by atoms with Gasteiger partial charge in [0.15, 0.2) is 0 Å². The largest absolute Gasteiger partial charge is 0.481 e. The molecule has 1 N–H and O–H groups in total. The lowest BCUT2D eigenvalue weighted by molar-refractivity contribution is -0.145. The van der Waals surface area contributed by atoms with Crippen molar-refractivity contribution in [3.05, 3.63) is 66.0 Å². The molecule has 0 bridgehead atoms. The van der Waals surface area contributed by atoms with Crippen LogP contribution in [0.25, 0.3) is 0 Å². The Hall–Kier alpha value is -3.02. The Morgan fingerprint density at radius 2 is 1.92 bits per heavy atom. The van der Waals surface area contributed by atoms with E-state index in [4.69, 9.17) is 0 Å². The van der Waals surface area contributed by atoms with Gasteiger partial charge in [0.25, 0.3) is 0 Å². The zero-order valence-corrected chi connectivity index (χ0v) is 12.9. The lowest BCUT2D eigenvalue weighted by Gasteiger charge is -2.25. The summed E-state index contributed by atoms with van der Waals surface area (Å²) in [6.07, 6.45) is 2.64. The molecule has 1 aliphatic heterocycles. The van der Waals surface area contributed by atoms with E-state index in [1.165, 1.54) is 0 Å². The van der Waals surface area contributed by atoms with Crippen LogP contribution in [0.4, 0.5) is 0 Å². The topological polar surface area (TPSA) is 87.6 Å². The minimum atomic E-state index is -1.34. The molecular formula is C18H16N2O4. The summed E-state index contributed by atoms with van der Waals surface area (Å²) in [4.78, 5) is 41.9. The van der Waals surface area contributed by atoms with Gasteiger partial charge in [-0.05, 0) is 17.2 Å². The summed E-state index contributed by atoms with van der Waals surface area (Å²) in [5.41, 5.74) is -0.0651. The predicted octanol–water partition coefficient (Wildman–Crippen LogP) is 1.75. The summed E-state index contributed by atoms with van der Waals surface area (Å²) in [5, 5.41) is 9.29. The third-order valence-corrected chi connectivity index (χ3v) is 4.25. The number of imide groups is 1. The molecule has 6 nitrogen and oxygen atoms in total. The summed E-state index contributed by atoms with van der Waals surface area (Å²) >= 11 is 0. The van der Waals surface area contributed by atoms with Crippen LogP contribution in [0.5, 0.6) is 0 Å². The van der Waals surface area contributed by atoms with Gasteiger partial charge in [-0.25, -0.2) is 0 Å².